The van der Waals surface area contributed by atoms with Crippen LogP contribution in [0.15, 0.2) is 48.5 Å². The van der Waals surface area contributed by atoms with E-state index in [9.17, 15) is 0 Å². The van der Waals surface area contributed by atoms with E-state index in [1.165, 1.54) is 0 Å². The summed E-state index contributed by atoms with van der Waals surface area (Å²) < 4.78 is 1.80. The molecular weight excluding hydrogens is 248 g/mol. The molecule has 0 amide bonds. The fourth-order valence-electron chi connectivity index (χ4n) is 2.16. The Morgan fingerprint density at radius 1 is 1.00 bits per heavy atom. The van der Waals surface area contributed by atoms with Crippen molar-refractivity contribution in [3.05, 3.63) is 54.1 Å². The first-order chi connectivity index (χ1) is 9.65. The van der Waals surface area contributed by atoms with Gasteiger partial charge in [0.2, 0.25) is 0 Å². The smallest absolute Gasteiger partial charge is 0.181 e. The van der Waals surface area contributed by atoms with Crippen LogP contribution in [0.2, 0.25) is 0 Å². The Bertz CT molecular complexity index is 744. The number of anilines is 1. The summed E-state index contributed by atoms with van der Waals surface area (Å²) in [6, 6.07) is 15.9. The largest absolute Gasteiger partial charge is 0.399 e. The maximum Gasteiger partial charge on any atom is 0.181 e. The minimum atomic E-state index is 0.734. The number of rotatable bonds is 2. The Morgan fingerprint density at radius 2 is 1.75 bits per heavy atom. The van der Waals surface area contributed by atoms with Crippen molar-refractivity contribution >= 4 is 5.69 Å². The van der Waals surface area contributed by atoms with Gasteiger partial charge in [0.25, 0.3) is 0 Å². The van der Waals surface area contributed by atoms with Crippen LogP contribution in [0.25, 0.3) is 22.8 Å². The van der Waals surface area contributed by atoms with Crippen LogP contribution < -0.4 is 5.73 Å². The van der Waals surface area contributed by atoms with Crippen molar-refractivity contribution < 1.29 is 0 Å². The number of aromatic nitrogens is 3. The Balaban J connectivity index is 2.07. The minimum absolute atomic E-state index is 0.734. The Kier molecular flexibility index (Phi) is 2.99. The van der Waals surface area contributed by atoms with Crippen molar-refractivity contribution in [3.63, 3.8) is 0 Å². The summed E-state index contributed by atoms with van der Waals surface area (Å²) in [5, 5.41) is 4.48. The van der Waals surface area contributed by atoms with E-state index in [0.29, 0.717) is 0 Å². The van der Waals surface area contributed by atoms with Crippen molar-refractivity contribution in [2.24, 2.45) is 7.05 Å². The third kappa shape index (κ3) is 2.16. The Hall–Kier alpha value is -2.62. The zero-order valence-electron chi connectivity index (χ0n) is 11.5. The van der Waals surface area contributed by atoms with Crippen LogP contribution in [0.3, 0.4) is 0 Å². The van der Waals surface area contributed by atoms with Crippen LogP contribution in [0.4, 0.5) is 5.69 Å². The molecule has 0 aliphatic heterocycles. The number of hydrogen-bond donors (Lipinski definition) is 1. The fraction of sp³-hybridized carbons (Fsp3) is 0.125. The van der Waals surface area contributed by atoms with Gasteiger partial charge in [-0.05, 0) is 30.7 Å². The number of benzene rings is 2. The van der Waals surface area contributed by atoms with Gasteiger partial charge in [-0.15, -0.1) is 0 Å². The van der Waals surface area contributed by atoms with Crippen LogP contribution >= 0.6 is 0 Å². The van der Waals surface area contributed by atoms with Crippen LogP contribution in [0, 0.1) is 6.92 Å². The topological polar surface area (TPSA) is 56.7 Å². The molecule has 1 heterocycles. The molecule has 1 aromatic heterocycles. The lowest BCUT2D eigenvalue weighted by Gasteiger charge is -2.03. The molecule has 0 spiro atoms. The van der Waals surface area contributed by atoms with E-state index in [4.69, 9.17) is 5.73 Å². The maximum atomic E-state index is 5.86. The van der Waals surface area contributed by atoms with Gasteiger partial charge in [0.15, 0.2) is 11.6 Å². The van der Waals surface area contributed by atoms with Gasteiger partial charge in [-0.1, -0.05) is 30.3 Å². The van der Waals surface area contributed by atoms with E-state index in [0.717, 1.165) is 34.0 Å². The normalized spacial score (nSPS) is 10.7. The van der Waals surface area contributed by atoms with Gasteiger partial charge in [-0.2, -0.15) is 5.10 Å². The number of nitrogens with two attached hydrogens (primary N) is 1. The van der Waals surface area contributed by atoms with Gasteiger partial charge in [0, 0.05) is 23.9 Å². The van der Waals surface area contributed by atoms with Crippen molar-refractivity contribution in [2.45, 2.75) is 6.92 Å². The van der Waals surface area contributed by atoms with Crippen molar-refractivity contribution in [1.82, 2.24) is 14.8 Å². The summed E-state index contributed by atoms with van der Waals surface area (Å²) in [5.41, 5.74) is 9.73. The molecule has 4 nitrogen and oxygen atoms in total. The molecule has 2 N–H and O–H groups in total. The monoisotopic (exact) mass is 264 g/mol. The molecule has 0 saturated heterocycles. The van der Waals surface area contributed by atoms with Gasteiger partial charge >= 0.3 is 0 Å². The summed E-state index contributed by atoms with van der Waals surface area (Å²) in [6.45, 7) is 1.99. The molecular formula is C16H16N4. The molecule has 0 saturated carbocycles. The van der Waals surface area contributed by atoms with E-state index >= 15 is 0 Å². The fourth-order valence-corrected chi connectivity index (χ4v) is 2.16. The molecule has 2 aromatic carbocycles. The summed E-state index contributed by atoms with van der Waals surface area (Å²) in [4.78, 5) is 4.63. The highest BCUT2D eigenvalue weighted by molar-refractivity contribution is 5.65. The summed E-state index contributed by atoms with van der Waals surface area (Å²) in [7, 11) is 1.90. The molecule has 20 heavy (non-hydrogen) atoms. The van der Waals surface area contributed by atoms with Gasteiger partial charge in [-0.25, -0.2) is 9.67 Å². The molecule has 0 radical (unpaired) electrons. The van der Waals surface area contributed by atoms with Crippen LogP contribution in [0.5, 0.6) is 0 Å². The molecule has 0 atom stereocenters. The van der Waals surface area contributed by atoms with Crippen LogP contribution in [0.1, 0.15) is 5.56 Å². The predicted octanol–water partition coefficient (Wildman–Crippen LogP) is 3.04. The summed E-state index contributed by atoms with van der Waals surface area (Å²) in [5.74, 6) is 1.57. The second kappa shape index (κ2) is 4.81. The SMILES string of the molecule is Cc1cc(-c2nc(-c3ccccc3)nn2C)ccc1N. The molecule has 3 rings (SSSR count). The number of nitrogens with zero attached hydrogens (tertiary/aromatic N) is 3. The molecule has 0 aliphatic rings. The Morgan fingerprint density at radius 3 is 2.45 bits per heavy atom. The lowest BCUT2D eigenvalue weighted by Crippen LogP contribution is -1.96. The summed E-state index contributed by atoms with van der Waals surface area (Å²) >= 11 is 0. The highest BCUT2D eigenvalue weighted by atomic mass is 15.3. The molecule has 4 heteroatoms. The highest BCUT2D eigenvalue weighted by Crippen LogP contribution is 2.24. The van der Waals surface area contributed by atoms with Gasteiger partial charge < -0.3 is 5.73 Å². The average Bonchev–Trinajstić information content (AvgIpc) is 2.85. The summed E-state index contributed by atoms with van der Waals surface area (Å²) in [6.07, 6.45) is 0. The lowest BCUT2D eigenvalue weighted by atomic mass is 10.1. The van der Waals surface area contributed by atoms with Crippen LogP contribution in [-0.4, -0.2) is 14.8 Å². The molecule has 0 bridgehead atoms. The van der Waals surface area contributed by atoms with Crippen LogP contribution in [-0.2, 0) is 7.05 Å². The van der Waals surface area contributed by atoms with Crippen molar-refractivity contribution in [1.29, 1.82) is 0 Å². The molecule has 100 valence electrons. The van der Waals surface area contributed by atoms with E-state index < -0.39 is 0 Å². The standard InChI is InChI=1S/C16H16N4/c1-11-10-13(8-9-14(11)17)16-18-15(19-20(16)2)12-6-4-3-5-7-12/h3-10H,17H2,1-2H3. The van der Waals surface area contributed by atoms with Gasteiger partial charge in [-0.3, -0.25) is 0 Å². The zero-order valence-corrected chi connectivity index (χ0v) is 11.5. The quantitative estimate of drug-likeness (QED) is 0.724. The van der Waals surface area contributed by atoms with E-state index in [1.54, 1.807) is 4.68 Å². The first-order valence-corrected chi connectivity index (χ1v) is 6.48. The molecule has 0 fully saturated rings. The minimum Gasteiger partial charge on any atom is -0.399 e. The van der Waals surface area contributed by atoms with Crippen molar-refractivity contribution in [2.75, 3.05) is 5.73 Å². The van der Waals surface area contributed by atoms with Gasteiger partial charge in [0.05, 0.1) is 0 Å². The predicted molar refractivity (Wildman–Crippen MR) is 81.0 cm³/mol. The zero-order chi connectivity index (χ0) is 14.1. The molecule has 0 aliphatic carbocycles. The first-order valence-electron chi connectivity index (χ1n) is 6.48. The first kappa shape index (κ1) is 12.4. The van der Waals surface area contributed by atoms with Gasteiger partial charge in [0.1, 0.15) is 0 Å². The van der Waals surface area contributed by atoms with E-state index in [-0.39, 0.29) is 0 Å². The second-order valence-corrected chi connectivity index (χ2v) is 4.82. The molecule has 3 aromatic rings. The number of nitrogen functional groups attached to an aromatic ring is 1. The van der Waals surface area contributed by atoms with E-state index in [2.05, 4.69) is 10.1 Å². The second-order valence-electron chi connectivity index (χ2n) is 4.82. The number of hydrogen-bond acceptors (Lipinski definition) is 3. The lowest BCUT2D eigenvalue weighted by molar-refractivity contribution is 0.777. The number of aryl methyl sites for hydroxylation is 2. The third-order valence-corrected chi connectivity index (χ3v) is 3.32. The molecule has 0 unspecified atom stereocenters. The average molecular weight is 264 g/mol. The van der Waals surface area contributed by atoms with Crippen molar-refractivity contribution in [3.8, 4) is 22.8 Å². The maximum absolute atomic E-state index is 5.86. The Labute approximate surface area is 117 Å². The van der Waals surface area contributed by atoms with E-state index in [1.807, 2.05) is 62.5 Å². The third-order valence-electron chi connectivity index (χ3n) is 3.32. The highest BCUT2D eigenvalue weighted by Gasteiger charge is 2.11.